The zero-order valence-electron chi connectivity index (χ0n) is 22.9. The number of benzene rings is 2. The molecule has 0 atom stereocenters. The average Bonchev–Trinajstić information content (AvgIpc) is 3.18. The highest BCUT2D eigenvalue weighted by molar-refractivity contribution is 6.24. The van der Waals surface area contributed by atoms with Crippen LogP contribution >= 0.6 is 0 Å². The lowest BCUT2D eigenvalue weighted by atomic mass is 9.76. The van der Waals surface area contributed by atoms with E-state index in [1.165, 1.54) is 22.5 Å². The molecule has 0 saturated carbocycles. The molecule has 0 unspecified atom stereocenters. The molecular weight excluding hydrogens is 442 g/mol. The normalized spacial score (nSPS) is 21.9. The summed E-state index contributed by atoms with van der Waals surface area (Å²) >= 11 is 0. The van der Waals surface area contributed by atoms with E-state index in [1.54, 1.807) is 0 Å². The fraction of sp³-hybridized carbons (Fsp3) is 0.375. The minimum absolute atomic E-state index is 0.136. The molecule has 5 rings (SSSR count). The van der Waals surface area contributed by atoms with Crippen LogP contribution in [0, 0.1) is 0 Å². The zero-order valence-corrected chi connectivity index (χ0v) is 22.9. The molecule has 2 aromatic rings. The molecule has 3 aliphatic rings. The van der Waals surface area contributed by atoms with Crippen LogP contribution in [0.4, 0.5) is 11.4 Å². The molecule has 0 radical (unpaired) electrons. The van der Waals surface area contributed by atoms with Gasteiger partial charge in [-0.3, -0.25) is 4.79 Å². The van der Waals surface area contributed by atoms with Gasteiger partial charge in [0.15, 0.2) is 11.5 Å². The molecule has 186 valence electrons. The summed E-state index contributed by atoms with van der Waals surface area (Å²) in [5.41, 5.74) is 9.73. The Hall–Kier alpha value is -3.40. The summed E-state index contributed by atoms with van der Waals surface area (Å²) in [7, 11) is 4.22. The number of rotatable bonds is 5. The molecule has 0 spiro atoms. The van der Waals surface area contributed by atoms with E-state index < -0.39 is 0 Å². The monoisotopic (exact) mass is 480 g/mol. The average molecular weight is 481 g/mol. The number of anilines is 1. The third kappa shape index (κ3) is 3.27. The van der Waals surface area contributed by atoms with Crippen LogP contribution in [0.3, 0.4) is 0 Å². The van der Waals surface area contributed by atoms with Gasteiger partial charge in [0.25, 0.3) is 0 Å². The molecule has 4 nitrogen and oxygen atoms in total. The summed E-state index contributed by atoms with van der Waals surface area (Å²) < 4.78 is 2.25. The lowest BCUT2D eigenvalue weighted by molar-refractivity contribution is -0.401. The Bertz CT molecular complexity index is 1400. The lowest BCUT2D eigenvalue weighted by Crippen LogP contribution is -2.37. The number of para-hydroxylation sites is 2. The van der Waals surface area contributed by atoms with Crippen molar-refractivity contribution in [3.05, 3.63) is 94.4 Å². The number of ketones is 1. The number of fused-ring (bicyclic) bond motifs is 2. The molecule has 0 saturated heterocycles. The van der Waals surface area contributed by atoms with Crippen LogP contribution in [0.5, 0.6) is 0 Å². The first-order valence-corrected chi connectivity index (χ1v) is 13.1. The van der Waals surface area contributed by atoms with E-state index in [0.29, 0.717) is 0 Å². The molecule has 36 heavy (non-hydrogen) atoms. The second kappa shape index (κ2) is 8.33. The van der Waals surface area contributed by atoms with Gasteiger partial charge in [-0.25, -0.2) is 0 Å². The number of likely N-dealkylation sites (N-methyl/N-ethyl adjacent to an activating group) is 2. The van der Waals surface area contributed by atoms with E-state index >= 15 is 0 Å². The Morgan fingerprint density at radius 2 is 1.50 bits per heavy atom. The number of hydrogen-bond acceptors (Lipinski definition) is 3. The second-order valence-corrected chi connectivity index (χ2v) is 11.1. The third-order valence-electron chi connectivity index (χ3n) is 8.52. The number of nitrogens with zero attached hydrogens (tertiary/aromatic N) is 3. The van der Waals surface area contributed by atoms with Gasteiger partial charge in [0.05, 0.1) is 16.7 Å². The number of carbonyl (C=O) groups is 1. The molecule has 2 aromatic carbocycles. The van der Waals surface area contributed by atoms with Crippen molar-refractivity contribution in [1.29, 1.82) is 0 Å². The van der Waals surface area contributed by atoms with Crippen molar-refractivity contribution in [2.24, 2.45) is 0 Å². The van der Waals surface area contributed by atoms with E-state index in [2.05, 4.69) is 131 Å². The van der Waals surface area contributed by atoms with E-state index in [9.17, 15) is 4.79 Å². The van der Waals surface area contributed by atoms with Crippen molar-refractivity contribution in [3.8, 4) is 0 Å². The van der Waals surface area contributed by atoms with Gasteiger partial charge in [-0.2, -0.15) is 4.58 Å². The van der Waals surface area contributed by atoms with Crippen molar-refractivity contribution in [2.75, 3.05) is 32.1 Å². The molecular formula is C32H38N3O+. The maximum absolute atomic E-state index is 13.8. The lowest BCUT2D eigenvalue weighted by Gasteiger charge is -2.35. The smallest absolute Gasteiger partial charge is 0.209 e. The summed E-state index contributed by atoms with van der Waals surface area (Å²) in [6.07, 6.45) is 4.30. The van der Waals surface area contributed by atoms with Crippen LogP contribution in [0.15, 0.2) is 83.2 Å². The molecule has 0 N–H and O–H groups in total. The fourth-order valence-electron chi connectivity index (χ4n) is 6.38. The van der Waals surface area contributed by atoms with E-state index in [-0.39, 0.29) is 16.6 Å². The molecule has 0 amide bonds. The van der Waals surface area contributed by atoms with Crippen molar-refractivity contribution < 1.29 is 9.37 Å². The highest BCUT2D eigenvalue weighted by Crippen LogP contribution is 2.48. The summed E-state index contributed by atoms with van der Waals surface area (Å²) in [6.45, 7) is 15.1. The molecule has 4 heteroatoms. The molecule has 0 fully saturated rings. The minimum Gasteiger partial charge on any atom is -0.371 e. The summed E-state index contributed by atoms with van der Waals surface area (Å²) in [5, 5.41) is 0. The van der Waals surface area contributed by atoms with Crippen molar-refractivity contribution in [2.45, 2.75) is 52.4 Å². The molecule has 2 aliphatic heterocycles. The Kier molecular flexibility index (Phi) is 5.62. The largest absolute Gasteiger partial charge is 0.371 e. The number of Topliss-reactive ketones (excluding diaryl/α,β-unsaturated/α-hetero) is 1. The number of carbonyl (C=O) groups excluding carboxylic acids is 1. The first kappa shape index (κ1) is 24.3. The van der Waals surface area contributed by atoms with Crippen LogP contribution < -0.4 is 4.90 Å². The van der Waals surface area contributed by atoms with Gasteiger partial charge in [0, 0.05) is 60.2 Å². The van der Waals surface area contributed by atoms with Gasteiger partial charge in [0.1, 0.15) is 7.05 Å². The second-order valence-electron chi connectivity index (χ2n) is 11.1. The van der Waals surface area contributed by atoms with Crippen LogP contribution in [0.1, 0.15) is 52.7 Å². The number of hydrogen-bond donors (Lipinski definition) is 0. The number of allylic oxidation sites excluding steroid dienone is 5. The SMILES string of the molecule is CCN(CC)C1=C(C=C2N(C)c3ccccc3C2(C)C)C(=O)C1=CC1=[N+](C)c2ccccc2C1(C)C. The standard InChI is InChI=1S/C32H38N3O/c1-9-35(10-2)29-21(19-27-31(3,4)23-15-11-13-17-25(23)33(27)7)30(36)22(29)20-28-32(5,6)24-16-12-14-18-26(24)34(28)8/h11-20H,9-10H2,1-8H3/q+1. The van der Waals surface area contributed by atoms with Crippen molar-refractivity contribution in [3.63, 3.8) is 0 Å². The molecule has 0 aromatic heterocycles. The zero-order chi connectivity index (χ0) is 26.0. The van der Waals surface area contributed by atoms with Crippen LogP contribution in [-0.4, -0.2) is 48.2 Å². The molecule has 1 aliphatic carbocycles. The Morgan fingerprint density at radius 1 is 0.889 bits per heavy atom. The molecule has 2 heterocycles. The third-order valence-corrected chi connectivity index (χ3v) is 8.52. The van der Waals surface area contributed by atoms with Gasteiger partial charge in [-0.05, 0) is 45.4 Å². The van der Waals surface area contributed by atoms with Crippen molar-refractivity contribution >= 4 is 22.9 Å². The van der Waals surface area contributed by atoms with Crippen molar-refractivity contribution in [1.82, 2.24) is 4.90 Å². The first-order valence-electron chi connectivity index (χ1n) is 13.1. The Labute approximate surface area is 215 Å². The Morgan fingerprint density at radius 3 is 2.11 bits per heavy atom. The minimum atomic E-state index is -0.170. The first-order chi connectivity index (χ1) is 17.1. The summed E-state index contributed by atoms with van der Waals surface area (Å²) in [5.74, 6) is 0.136. The van der Waals surface area contributed by atoms with E-state index in [1.807, 2.05) is 0 Å². The quantitative estimate of drug-likeness (QED) is 0.382. The summed E-state index contributed by atoms with van der Waals surface area (Å²) in [4.78, 5) is 18.4. The summed E-state index contributed by atoms with van der Waals surface area (Å²) in [6, 6.07) is 17.1. The predicted molar refractivity (Wildman–Crippen MR) is 149 cm³/mol. The van der Waals surface area contributed by atoms with Gasteiger partial charge in [-0.15, -0.1) is 0 Å². The molecule has 0 bridgehead atoms. The van der Waals surface area contributed by atoms with E-state index in [4.69, 9.17) is 0 Å². The van der Waals surface area contributed by atoms with Gasteiger partial charge in [-0.1, -0.05) is 50.2 Å². The fourth-order valence-corrected chi connectivity index (χ4v) is 6.38. The topological polar surface area (TPSA) is 26.6 Å². The van der Waals surface area contributed by atoms with Crippen LogP contribution in [0.2, 0.25) is 0 Å². The van der Waals surface area contributed by atoms with Crippen LogP contribution in [0.25, 0.3) is 0 Å². The predicted octanol–water partition coefficient (Wildman–Crippen LogP) is 6.11. The van der Waals surface area contributed by atoms with Gasteiger partial charge in [0.2, 0.25) is 5.69 Å². The highest BCUT2D eigenvalue weighted by atomic mass is 16.1. The van der Waals surface area contributed by atoms with Crippen LogP contribution in [-0.2, 0) is 15.6 Å². The Balaban J connectivity index is 1.65. The maximum atomic E-state index is 13.8. The highest BCUT2D eigenvalue weighted by Gasteiger charge is 2.46. The van der Waals surface area contributed by atoms with Gasteiger partial charge < -0.3 is 9.80 Å². The van der Waals surface area contributed by atoms with Gasteiger partial charge >= 0.3 is 0 Å². The maximum Gasteiger partial charge on any atom is 0.209 e. The van der Waals surface area contributed by atoms with E-state index in [0.717, 1.165) is 41.3 Å².